The Labute approximate surface area is 170 Å². The molecule has 1 aliphatic rings. The van der Waals surface area contributed by atoms with E-state index in [0.717, 1.165) is 34.4 Å². The van der Waals surface area contributed by atoms with Crippen molar-refractivity contribution in [3.8, 4) is 5.75 Å². The van der Waals surface area contributed by atoms with Gasteiger partial charge in [0.25, 0.3) is 5.91 Å². The van der Waals surface area contributed by atoms with Gasteiger partial charge >= 0.3 is 0 Å². The second-order valence-corrected chi connectivity index (χ2v) is 7.54. The van der Waals surface area contributed by atoms with Crippen LogP contribution in [-0.4, -0.2) is 17.4 Å². The first-order chi connectivity index (χ1) is 13.6. The summed E-state index contributed by atoms with van der Waals surface area (Å²) in [5, 5.41) is 0.688. The van der Waals surface area contributed by atoms with Gasteiger partial charge in [-0.2, -0.15) is 0 Å². The van der Waals surface area contributed by atoms with Gasteiger partial charge in [0.15, 0.2) is 0 Å². The smallest absolute Gasteiger partial charge is 0.254 e. The molecule has 1 aliphatic heterocycles. The summed E-state index contributed by atoms with van der Waals surface area (Å²) in [5.74, 6) is 0.826. The summed E-state index contributed by atoms with van der Waals surface area (Å²) >= 11 is 6.22. The first-order valence-corrected chi connectivity index (χ1v) is 9.82. The first-order valence-electron chi connectivity index (χ1n) is 9.45. The monoisotopic (exact) mass is 391 g/mol. The molecule has 0 atom stereocenters. The van der Waals surface area contributed by atoms with E-state index >= 15 is 0 Å². The molecule has 142 valence electrons. The minimum Gasteiger partial charge on any atom is -0.489 e. The van der Waals surface area contributed by atoms with Crippen LogP contribution in [0, 0.1) is 6.92 Å². The second kappa shape index (κ2) is 8.07. The van der Waals surface area contributed by atoms with Gasteiger partial charge in [-0.1, -0.05) is 65.7 Å². The van der Waals surface area contributed by atoms with Crippen LogP contribution in [0.5, 0.6) is 5.75 Å². The molecule has 4 heteroatoms. The van der Waals surface area contributed by atoms with Gasteiger partial charge in [0, 0.05) is 34.8 Å². The molecule has 3 aromatic carbocycles. The molecule has 0 saturated carbocycles. The summed E-state index contributed by atoms with van der Waals surface area (Å²) in [5.41, 5.74) is 5.01. The van der Waals surface area contributed by atoms with Crippen molar-refractivity contribution in [2.75, 3.05) is 6.54 Å². The number of carbonyl (C=O) groups excluding carboxylic acids is 1. The Morgan fingerprint density at radius 1 is 1.04 bits per heavy atom. The van der Waals surface area contributed by atoms with Gasteiger partial charge in [0.05, 0.1) is 0 Å². The molecule has 0 radical (unpaired) electrons. The van der Waals surface area contributed by atoms with Gasteiger partial charge in [-0.15, -0.1) is 0 Å². The van der Waals surface area contributed by atoms with E-state index in [2.05, 4.69) is 25.1 Å². The van der Waals surface area contributed by atoms with Crippen LogP contribution in [0.4, 0.5) is 0 Å². The lowest BCUT2D eigenvalue weighted by Crippen LogP contribution is -2.37. The van der Waals surface area contributed by atoms with E-state index in [4.69, 9.17) is 16.3 Å². The minimum atomic E-state index is 0.0611. The number of nitrogens with zero attached hydrogens (tertiary/aromatic N) is 1. The van der Waals surface area contributed by atoms with Crippen LogP contribution in [-0.2, 0) is 19.6 Å². The third-order valence-electron chi connectivity index (χ3n) is 5.08. The molecule has 0 spiro atoms. The maximum atomic E-state index is 13.0. The fourth-order valence-corrected chi connectivity index (χ4v) is 3.82. The highest BCUT2D eigenvalue weighted by atomic mass is 35.5. The summed E-state index contributed by atoms with van der Waals surface area (Å²) in [6.07, 6.45) is 0.783. The third kappa shape index (κ3) is 3.90. The first kappa shape index (κ1) is 18.6. The van der Waals surface area contributed by atoms with Gasteiger partial charge in [0.2, 0.25) is 0 Å². The maximum absolute atomic E-state index is 13.0. The van der Waals surface area contributed by atoms with E-state index in [9.17, 15) is 4.79 Å². The van der Waals surface area contributed by atoms with Gasteiger partial charge < -0.3 is 9.64 Å². The van der Waals surface area contributed by atoms with Crippen molar-refractivity contribution in [1.82, 2.24) is 4.90 Å². The second-order valence-electron chi connectivity index (χ2n) is 7.13. The quantitative estimate of drug-likeness (QED) is 0.580. The zero-order chi connectivity index (χ0) is 19.5. The van der Waals surface area contributed by atoms with E-state index in [1.54, 1.807) is 0 Å². The largest absolute Gasteiger partial charge is 0.489 e. The van der Waals surface area contributed by atoms with Crippen LogP contribution < -0.4 is 4.74 Å². The van der Waals surface area contributed by atoms with E-state index in [0.29, 0.717) is 24.7 Å². The summed E-state index contributed by atoms with van der Waals surface area (Å²) in [7, 11) is 0. The number of fused-ring (bicyclic) bond motifs is 1. The van der Waals surface area contributed by atoms with Crippen molar-refractivity contribution in [2.24, 2.45) is 0 Å². The van der Waals surface area contributed by atoms with Crippen molar-refractivity contribution in [3.05, 3.63) is 99.6 Å². The third-order valence-corrected chi connectivity index (χ3v) is 5.45. The van der Waals surface area contributed by atoms with Crippen molar-refractivity contribution >= 4 is 17.5 Å². The van der Waals surface area contributed by atoms with E-state index in [1.807, 2.05) is 53.4 Å². The summed E-state index contributed by atoms with van der Waals surface area (Å²) < 4.78 is 6.03. The molecule has 0 unspecified atom stereocenters. The van der Waals surface area contributed by atoms with E-state index < -0.39 is 0 Å². The van der Waals surface area contributed by atoms with Crippen LogP contribution in [0.15, 0.2) is 66.7 Å². The van der Waals surface area contributed by atoms with Gasteiger partial charge in [-0.05, 0) is 37.1 Å². The van der Waals surface area contributed by atoms with Gasteiger partial charge in [-0.25, -0.2) is 0 Å². The highest BCUT2D eigenvalue weighted by molar-refractivity contribution is 6.31. The molecule has 3 nitrogen and oxygen atoms in total. The molecule has 0 N–H and O–H groups in total. The summed E-state index contributed by atoms with van der Waals surface area (Å²) in [6.45, 7) is 3.77. The number of ether oxygens (including phenoxy) is 1. The molecular formula is C24H22ClNO2. The number of aryl methyl sites for hydroxylation is 1. The molecule has 1 heterocycles. The standard InChI is InChI=1S/C24H22ClNO2/c1-17-6-4-7-18(14-17)15-26-13-12-20-21(24(26)27)9-5-11-23(20)28-16-19-8-2-3-10-22(19)25/h2-11,14H,12-13,15-16H2,1H3. The zero-order valence-electron chi connectivity index (χ0n) is 15.8. The normalized spacial score (nSPS) is 13.4. The Morgan fingerprint density at radius 2 is 1.86 bits per heavy atom. The number of hydrogen-bond donors (Lipinski definition) is 0. The Hall–Kier alpha value is -2.78. The Kier molecular flexibility index (Phi) is 5.36. The lowest BCUT2D eigenvalue weighted by atomic mass is 9.97. The van der Waals surface area contributed by atoms with Crippen LogP contribution in [0.2, 0.25) is 5.02 Å². The van der Waals surface area contributed by atoms with E-state index in [1.165, 1.54) is 5.56 Å². The maximum Gasteiger partial charge on any atom is 0.254 e. The van der Waals surface area contributed by atoms with Crippen LogP contribution in [0.1, 0.15) is 32.6 Å². The van der Waals surface area contributed by atoms with Gasteiger partial charge in [-0.3, -0.25) is 4.79 Å². The number of amides is 1. The van der Waals surface area contributed by atoms with Crippen LogP contribution in [0.3, 0.4) is 0 Å². The number of carbonyl (C=O) groups is 1. The number of hydrogen-bond acceptors (Lipinski definition) is 2. The summed E-state index contributed by atoms with van der Waals surface area (Å²) in [4.78, 5) is 14.9. The highest BCUT2D eigenvalue weighted by Crippen LogP contribution is 2.30. The van der Waals surface area contributed by atoms with Gasteiger partial charge in [0.1, 0.15) is 12.4 Å². The Morgan fingerprint density at radius 3 is 2.68 bits per heavy atom. The molecule has 1 amide bonds. The average molecular weight is 392 g/mol. The molecule has 4 rings (SSSR count). The fourth-order valence-electron chi connectivity index (χ4n) is 3.63. The number of rotatable bonds is 5. The molecule has 3 aromatic rings. The van der Waals surface area contributed by atoms with Crippen molar-refractivity contribution < 1.29 is 9.53 Å². The minimum absolute atomic E-state index is 0.0611. The molecular weight excluding hydrogens is 370 g/mol. The lowest BCUT2D eigenvalue weighted by Gasteiger charge is -2.30. The average Bonchev–Trinajstić information content (AvgIpc) is 2.70. The zero-order valence-corrected chi connectivity index (χ0v) is 16.6. The molecule has 0 fully saturated rings. The predicted octanol–water partition coefficient (Wildman–Crippen LogP) is 5.43. The SMILES string of the molecule is Cc1cccc(CN2CCc3c(OCc4ccccc4Cl)cccc3C2=O)c1. The van der Waals surface area contributed by atoms with Crippen LogP contribution >= 0.6 is 11.6 Å². The van der Waals surface area contributed by atoms with Crippen molar-refractivity contribution in [1.29, 1.82) is 0 Å². The molecule has 0 bridgehead atoms. The Bertz CT molecular complexity index is 1010. The molecule has 0 aromatic heterocycles. The lowest BCUT2D eigenvalue weighted by molar-refractivity contribution is 0.0725. The number of halogens is 1. The van der Waals surface area contributed by atoms with Crippen molar-refractivity contribution in [3.63, 3.8) is 0 Å². The Balaban J connectivity index is 1.52. The van der Waals surface area contributed by atoms with Crippen LogP contribution in [0.25, 0.3) is 0 Å². The highest BCUT2D eigenvalue weighted by Gasteiger charge is 2.26. The molecule has 0 saturated heterocycles. The van der Waals surface area contributed by atoms with Crippen molar-refractivity contribution in [2.45, 2.75) is 26.5 Å². The number of benzene rings is 3. The molecule has 28 heavy (non-hydrogen) atoms. The summed E-state index contributed by atoms with van der Waals surface area (Å²) in [6, 6.07) is 21.7. The topological polar surface area (TPSA) is 29.5 Å². The fraction of sp³-hybridized carbons (Fsp3) is 0.208. The predicted molar refractivity (Wildman–Crippen MR) is 112 cm³/mol. The van der Waals surface area contributed by atoms with E-state index in [-0.39, 0.29) is 5.91 Å². The molecule has 0 aliphatic carbocycles.